The Labute approximate surface area is 148 Å². The van der Waals surface area contributed by atoms with E-state index in [1.807, 2.05) is 23.4 Å². The fourth-order valence-electron chi connectivity index (χ4n) is 3.97. The highest BCUT2D eigenvalue weighted by molar-refractivity contribution is 5.75. The Bertz CT molecular complexity index is 687. The minimum atomic E-state index is 0.0609. The van der Waals surface area contributed by atoms with Gasteiger partial charge < -0.3 is 15.1 Å². The largest absolute Gasteiger partial charge is 0.369 e. The first kappa shape index (κ1) is 16.0. The number of para-hydroxylation sites is 1. The highest BCUT2D eigenvalue weighted by atomic mass is 16.2. The lowest BCUT2D eigenvalue weighted by molar-refractivity contribution is 0.149. The lowest BCUT2D eigenvalue weighted by Crippen LogP contribution is -2.48. The minimum absolute atomic E-state index is 0.0609. The third-order valence-corrected chi connectivity index (χ3v) is 5.31. The van der Waals surface area contributed by atoms with Gasteiger partial charge in [-0.2, -0.15) is 5.10 Å². The number of aromatic amines is 1. The molecule has 0 aliphatic carbocycles. The molecule has 3 heterocycles. The van der Waals surface area contributed by atoms with E-state index in [4.69, 9.17) is 0 Å². The number of rotatable bonds is 3. The molecular weight excluding hydrogens is 314 g/mol. The molecule has 25 heavy (non-hydrogen) atoms. The number of amides is 2. The maximum absolute atomic E-state index is 12.9. The molecule has 0 spiro atoms. The molecule has 2 aliphatic heterocycles. The molecule has 6 nitrogen and oxygen atoms in total. The lowest BCUT2D eigenvalue weighted by Gasteiger charge is -2.36. The second kappa shape index (κ2) is 7.17. The number of hydrogen-bond acceptors (Lipinski definition) is 3. The summed E-state index contributed by atoms with van der Waals surface area (Å²) in [6.45, 7) is 2.68. The smallest absolute Gasteiger partial charge is 0.318 e. The van der Waals surface area contributed by atoms with Crippen LogP contribution in [0.2, 0.25) is 0 Å². The maximum atomic E-state index is 12.9. The van der Waals surface area contributed by atoms with Gasteiger partial charge in [0.25, 0.3) is 0 Å². The topological polar surface area (TPSA) is 64.3 Å². The van der Waals surface area contributed by atoms with Gasteiger partial charge in [-0.15, -0.1) is 0 Å². The van der Waals surface area contributed by atoms with E-state index < -0.39 is 0 Å². The zero-order valence-corrected chi connectivity index (χ0v) is 14.4. The van der Waals surface area contributed by atoms with Crippen LogP contribution in [0.25, 0.3) is 0 Å². The molecule has 0 radical (unpaired) electrons. The molecule has 6 heteroatoms. The Morgan fingerprint density at radius 3 is 2.84 bits per heavy atom. The first-order chi connectivity index (χ1) is 12.3. The number of nitrogens with one attached hydrogen (secondary N) is 2. The number of carbonyl (C=O) groups excluding carboxylic acids is 1. The van der Waals surface area contributed by atoms with Crippen molar-refractivity contribution in [3.05, 3.63) is 48.3 Å². The van der Waals surface area contributed by atoms with Gasteiger partial charge in [0.05, 0.1) is 12.2 Å². The summed E-state index contributed by atoms with van der Waals surface area (Å²) in [4.78, 5) is 17.2. The van der Waals surface area contributed by atoms with Gasteiger partial charge in [0, 0.05) is 43.1 Å². The fraction of sp³-hybridized carbons (Fsp3) is 0.474. The number of piperidine rings is 1. The van der Waals surface area contributed by atoms with Gasteiger partial charge >= 0.3 is 6.03 Å². The van der Waals surface area contributed by atoms with Crippen molar-refractivity contribution in [1.29, 1.82) is 0 Å². The van der Waals surface area contributed by atoms with E-state index >= 15 is 0 Å². The highest BCUT2D eigenvalue weighted by Gasteiger charge is 2.31. The Kier molecular flexibility index (Phi) is 4.59. The van der Waals surface area contributed by atoms with E-state index in [0.717, 1.165) is 50.9 Å². The van der Waals surface area contributed by atoms with Crippen LogP contribution in [0.15, 0.2) is 42.7 Å². The molecule has 0 unspecified atom stereocenters. The van der Waals surface area contributed by atoms with Crippen molar-refractivity contribution in [3.8, 4) is 0 Å². The third kappa shape index (κ3) is 3.48. The molecule has 132 valence electrons. The normalized spacial score (nSPS) is 23.7. The third-order valence-electron chi connectivity index (χ3n) is 5.31. The van der Waals surface area contributed by atoms with E-state index in [1.54, 1.807) is 0 Å². The zero-order valence-electron chi connectivity index (χ0n) is 14.4. The average Bonchev–Trinajstić information content (AvgIpc) is 3.34. The molecule has 4 rings (SSSR count). The summed E-state index contributed by atoms with van der Waals surface area (Å²) < 4.78 is 0. The number of urea groups is 1. The molecule has 0 saturated carbocycles. The van der Waals surface area contributed by atoms with Gasteiger partial charge in [0.15, 0.2) is 0 Å². The molecular formula is C19H25N5O. The number of benzene rings is 1. The second-order valence-corrected chi connectivity index (χ2v) is 6.95. The standard InChI is InChI=1S/C19H25N5O/c25-19(24-10-5-4-8-18(24)15-12-20-21-13-15)22-16-9-11-23(14-16)17-6-2-1-3-7-17/h1-3,6-7,12-13,16,18H,4-5,8-11,14H2,(H,20,21)(H,22,25)/t16-,18+/m1/s1. The number of carbonyl (C=O) groups is 1. The maximum Gasteiger partial charge on any atom is 0.318 e. The predicted octanol–water partition coefficient (Wildman–Crippen LogP) is 2.93. The first-order valence-electron chi connectivity index (χ1n) is 9.17. The van der Waals surface area contributed by atoms with E-state index in [0.29, 0.717) is 0 Å². The molecule has 2 aliphatic rings. The van der Waals surface area contributed by atoms with Gasteiger partial charge in [-0.1, -0.05) is 18.2 Å². The Morgan fingerprint density at radius 1 is 1.16 bits per heavy atom. The van der Waals surface area contributed by atoms with Crippen molar-refractivity contribution in [2.75, 3.05) is 24.5 Å². The van der Waals surface area contributed by atoms with Crippen molar-refractivity contribution >= 4 is 11.7 Å². The number of nitrogens with zero attached hydrogens (tertiary/aromatic N) is 3. The molecule has 2 amide bonds. The second-order valence-electron chi connectivity index (χ2n) is 6.95. The highest BCUT2D eigenvalue weighted by Crippen LogP contribution is 2.30. The van der Waals surface area contributed by atoms with E-state index in [1.165, 1.54) is 5.69 Å². The Balaban J connectivity index is 1.38. The van der Waals surface area contributed by atoms with Gasteiger partial charge in [-0.3, -0.25) is 5.10 Å². The Hall–Kier alpha value is -2.50. The monoisotopic (exact) mass is 339 g/mol. The van der Waals surface area contributed by atoms with Crippen molar-refractivity contribution in [3.63, 3.8) is 0 Å². The summed E-state index contributed by atoms with van der Waals surface area (Å²) in [6.07, 6.45) is 7.97. The van der Waals surface area contributed by atoms with Crippen molar-refractivity contribution in [2.45, 2.75) is 37.8 Å². The van der Waals surface area contributed by atoms with Crippen LogP contribution in [0.1, 0.15) is 37.3 Å². The number of likely N-dealkylation sites (tertiary alicyclic amines) is 1. The van der Waals surface area contributed by atoms with E-state index in [-0.39, 0.29) is 18.1 Å². The molecule has 2 atom stereocenters. The van der Waals surface area contributed by atoms with Crippen LogP contribution in [0.4, 0.5) is 10.5 Å². The van der Waals surface area contributed by atoms with Gasteiger partial charge in [0.1, 0.15) is 0 Å². The molecule has 0 bridgehead atoms. The van der Waals surface area contributed by atoms with Crippen LogP contribution in [0, 0.1) is 0 Å². The summed E-state index contributed by atoms with van der Waals surface area (Å²) in [6, 6.07) is 10.8. The number of aromatic nitrogens is 2. The van der Waals surface area contributed by atoms with Gasteiger partial charge in [-0.25, -0.2) is 4.79 Å². The number of hydrogen-bond donors (Lipinski definition) is 2. The summed E-state index contributed by atoms with van der Waals surface area (Å²) in [5.41, 5.74) is 2.33. The van der Waals surface area contributed by atoms with Crippen LogP contribution < -0.4 is 10.2 Å². The quantitative estimate of drug-likeness (QED) is 0.904. The average molecular weight is 339 g/mol. The molecule has 2 N–H and O–H groups in total. The molecule has 2 saturated heterocycles. The number of H-pyrrole nitrogens is 1. The van der Waals surface area contributed by atoms with Crippen LogP contribution >= 0.6 is 0 Å². The summed E-state index contributed by atoms with van der Waals surface area (Å²) in [5.74, 6) is 0. The summed E-state index contributed by atoms with van der Waals surface area (Å²) in [5, 5.41) is 10.2. The number of anilines is 1. The lowest BCUT2D eigenvalue weighted by atomic mass is 9.98. The SMILES string of the molecule is O=C(N[C@@H]1CCN(c2ccccc2)C1)N1CCCC[C@H]1c1cn[nH]c1. The zero-order chi connectivity index (χ0) is 17.1. The van der Waals surface area contributed by atoms with Gasteiger partial charge in [-0.05, 0) is 37.8 Å². The predicted molar refractivity (Wildman–Crippen MR) is 97.5 cm³/mol. The van der Waals surface area contributed by atoms with Crippen LogP contribution in [-0.4, -0.2) is 46.8 Å². The first-order valence-corrected chi connectivity index (χ1v) is 9.17. The van der Waals surface area contributed by atoms with Crippen molar-refractivity contribution in [2.24, 2.45) is 0 Å². The van der Waals surface area contributed by atoms with Crippen LogP contribution in [-0.2, 0) is 0 Å². The summed E-state index contributed by atoms with van der Waals surface area (Å²) >= 11 is 0. The molecule has 2 fully saturated rings. The molecule has 1 aromatic carbocycles. The summed E-state index contributed by atoms with van der Waals surface area (Å²) in [7, 11) is 0. The van der Waals surface area contributed by atoms with Crippen LogP contribution in [0.5, 0.6) is 0 Å². The molecule has 1 aromatic heterocycles. The van der Waals surface area contributed by atoms with Crippen molar-refractivity contribution < 1.29 is 4.79 Å². The van der Waals surface area contributed by atoms with E-state index in [2.05, 4.69) is 44.7 Å². The Morgan fingerprint density at radius 2 is 2.04 bits per heavy atom. The van der Waals surface area contributed by atoms with Crippen LogP contribution in [0.3, 0.4) is 0 Å². The van der Waals surface area contributed by atoms with Gasteiger partial charge in [0.2, 0.25) is 0 Å². The van der Waals surface area contributed by atoms with Crippen molar-refractivity contribution in [1.82, 2.24) is 20.4 Å². The minimum Gasteiger partial charge on any atom is -0.369 e. The molecule has 2 aromatic rings. The van der Waals surface area contributed by atoms with E-state index in [9.17, 15) is 4.79 Å². The fourth-order valence-corrected chi connectivity index (χ4v) is 3.97.